The Morgan fingerprint density at radius 2 is 1.93 bits per heavy atom. The zero-order valence-electron chi connectivity index (χ0n) is 16.7. The van der Waals surface area contributed by atoms with Gasteiger partial charge >= 0.3 is 0 Å². The van der Waals surface area contributed by atoms with Crippen LogP contribution in [0.4, 0.5) is 17.3 Å². The number of aromatic nitrogens is 3. The molecule has 6 N–H and O–H groups in total. The Morgan fingerprint density at radius 3 is 2.61 bits per heavy atom. The molecule has 0 aliphatic heterocycles. The van der Waals surface area contributed by atoms with Crippen LogP contribution in [0, 0.1) is 6.92 Å². The van der Waals surface area contributed by atoms with Crippen LogP contribution < -0.4 is 22.1 Å². The number of nitrogens with two attached hydrogens (primary N) is 2. The lowest BCUT2D eigenvalue weighted by Crippen LogP contribution is -2.42. The van der Waals surface area contributed by atoms with Crippen molar-refractivity contribution in [2.45, 2.75) is 64.5 Å². The molecule has 0 spiro atoms. The average molecular weight is 384 g/mol. The van der Waals surface area contributed by atoms with E-state index in [0.717, 1.165) is 36.9 Å². The fraction of sp³-hybridized carbons (Fsp3) is 0.500. The monoisotopic (exact) mass is 383 g/mol. The van der Waals surface area contributed by atoms with E-state index in [1.807, 2.05) is 19.1 Å². The van der Waals surface area contributed by atoms with Crippen LogP contribution in [0.25, 0.3) is 0 Å². The van der Waals surface area contributed by atoms with E-state index in [1.54, 1.807) is 6.07 Å². The molecule has 28 heavy (non-hydrogen) atoms. The lowest BCUT2D eigenvalue weighted by Gasteiger charge is -2.29. The molecule has 0 saturated heterocycles. The summed E-state index contributed by atoms with van der Waals surface area (Å²) in [6.07, 6.45) is 4.26. The predicted octanol–water partition coefficient (Wildman–Crippen LogP) is 2.83. The number of hydrogen-bond acceptors (Lipinski definition) is 7. The first-order valence-corrected chi connectivity index (χ1v) is 9.79. The molecule has 0 radical (unpaired) electrons. The molecule has 8 heteroatoms. The van der Waals surface area contributed by atoms with Crippen molar-refractivity contribution in [3.63, 3.8) is 0 Å². The molecule has 8 nitrogen and oxygen atoms in total. The highest BCUT2D eigenvalue weighted by molar-refractivity contribution is 5.97. The first kappa shape index (κ1) is 20.0. The molecule has 150 valence electrons. The Hall–Kier alpha value is -2.74. The van der Waals surface area contributed by atoms with Crippen molar-refractivity contribution in [3.8, 4) is 0 Å². The highest BCUT2D eigenvalue weighted by Gasteiger charge is 2.23. The minimum Gasteiger partial charge on any atom is -0.364 e. The molecule has 1 aliphatic rings. The van der Waals surface area contributed by atoms with E-state index >= 15 is 0 Å². The topological polar surface area (TPSA) is 132 Å². The summed E-state index contributed by atoms with van der Waals surface area (Å²) < 4.78 is 0. The molecule has 0 aromatic carbocycles. The summed E-state index contributed by atoms with van der Waals surface area (Å²) in [7, 11) is 0. The molecule has 1 amide bonds. The molecule has 1 fully saturated rings. The van der Waals surface area contributed by atoms with Gasteiger partial charge in [0.1, 0.15) is 5.82 Å². The Bertz CT molecular complexity index is 852. The van der Waals surface area contributed by atoms with Gasteiger partial charge in [0.15, 0.2) is 11.5 Å². The van der Waals surface area contributed by atoms with Crippen LogP contribution in [0.3, 0.4) is 0 Å². The maximum absolute atomic E-state index is 11.8. The highest BCUT2D eigenvalue weighted by Crippen LogP contribution is 2.25. The van der Waals surface area contributed by atoms with Gasteiger partial charge in [-0.15, -0.1) is 10.2 Å². The van der Waals surface area contributed by atoms with Gasteiger partial charge in [0.05, 0.1) is 5.69 Å². The van der Waals surface area contributed by atoms with E-state index in [9.17, 15) is 4.79 Å². The minimum absolute atomic E-state index is 0.0759. The second-order valence-corrected chi connectivity index (χ2v) is 7.73. The molecule has 2 atom stereocenters. The third kappa shape index (κ3) is 4.56. The lowest BCUT2D eigenvalue weighted by molar-refractivity contribution is 0.0995. The zero-order chi connectivity index (χ0) is 20.3. The molecule has 2 aromatic heterocycles. The van der Waals surface area contributed by atoms with Gasteiger partial charge in [-0.2, -0.15) is 0 Å². The van der Waals surface area contributed by atoms with Gasteiger partial charge in [0.25, 0.3) is 5.91 Å². The second-order valence-electron chi connectivity index (χ2n) is 7.73. The minimum atomic E-state index is -0.646. The third-order valence-corrected chi connectivity index (χ3v) is 5.13. The summed E-state index contributed by atoms with van der Waals surface area (Å²) in [5.74, 6) is 0.834. The Kier molecular flexibility index (Phi) is 6.08. The van der Waals surface area contributed by atoms with Crippen LogP contribution in [0.1, 0.15) is 67.2 Å². The number of nitrogens with one attached hydrogen (secondary N) is 2. The number of aryl methyl sites for hydroxylation is 1. The average Bonchev–Trinajstić information content (AvgIpc) is 2.65. The van der Waals surface area contributed by atoms with Crippen LogP contribution in [-0.4, -0.2) is 33.2 Å². The first-order valence-electron chi connectivity index (χ1n) is 9.79. The maximum atomic E-state index is 11.8. The normalized spacial score (nSPS) is 19.5. The van der Waals surface area contributed by atoms with Crippen molar-refractivity contribution in [1.82, 2.24) is 15.2 Å². The lowest BCUT2D eigenvalue weighted by atomic mass is 9.91. The summed E-state index contributed by atoms with van der Waals surface area (Å²) in [6, 6.07) is 5.83. The van der Waals surface area contributed by atoms with Gasteiger partial charge in [-0.05, 0) is 37.3 Å². The van der Waals surface area contributed by atoms with Crippen LogP contribution >= 0.6 is 0 Å². The van der Waals surface area contributed by atoms with Crippen LogP contribution in [0.5, 0.6) is 0 Å². The highest BCUT2D eigenvalue weighted by atomic mass is 16.1. The van der Waals surface area contributed by atoms with E-state index in [1.165, 1.54) is 0 Å². The van der Waals surface area contributed by atoms with Gasteiger partial charge < -0.3 is 22.1 Å². The number of primary amides is 1. The molecule has 0 bridgehead atoms. The van der Waals surface area contributed by atoms with Crippen molar-refractivity contribution >= 4 is 23.2 Å². The quantitative estimate of drug-likeness (QED) is 0.603. The number of carbonyl (C=O) groups excluding carboxylic acids is 1. The number of rotatable bonds is 6. The Morgan fingerprint density at radius 1 is 1.18 bits per heavy atom. The Labute approximate surface area is 165 Å². The van der Waals surface area contributed by atoms with E-state index in [4.69, 9.17) is 11.5 Å². The predicted molar refractivity (Wildman–Crippen MR) is 111 cm³/mol. The summed E-state index contributed by atoms with van der Waals surface area (Å²) >= 11 is 0. The van der Waals surface area contributed by atoms with Crippen LogP contribution in [0.15, 0.2) is 18.2 Å². The molecular weight excluding hydrogens is 354 g/mol. The number of carbonyl (C=O) groups is 1. The number of nitrogens with zero attached hydrogens (tertiary/aromatic N) is 3. The number of anilines is 3. The zero-order valence-corrected chi connectivity index (χ0v) is 16.7. The van der Waals surface area contributed by atoms with E-state index in [0.29, 0.717) is 17.3 Å². The summed E-state index contributed by atoms with van der Waals surface area (Å²) in [5, 5.41) is 14.7. The molecule has 0 unspecified atom stereocenters. The number of pyridine rings is 1. The largest absolute Gasteiger partial charge is 0.364 e. The number of amides is 1. The van der Waals surface area contributed by atoms with Gasteiger partial charge in [0, 0.05) is 23.8 Å². The van der Waals surface area contributed by atoms with Gasteiger partial charge in [-0.3, -0.25) is 4.79 Å². The molecule has 3 rings (SSSR count). The molecule has 2 aromatic rings. The molecule has 2 heterocycles. The maximum Gasteiger partial charge on any atom is 0.271 e. The summed E-state index contributed by atoms with van der Waals surface area (Å²) in [5.41, 5.74) is 14.4. The van der Waals surface area contributed by atoms with Gasteiger partial charge in [-0.1, -0.05) is 32.8 Å². The third-order valence-electron chi connectivity index (χ3n) is 5.13. The van der Waals surface area contributed by atoms with Crippen LogP contribution in [0.2, 0.25) is 0 Å². The SMILES string of the molecule is Cc1ccc(Nc2cc(N[C@@H]3CCCC[C@@H]3N)nnc2C(N)=O)nc1C(C)C. The van der Waals surface area contributed by atoms with Crippen molar-refractivity contribution in [2.75, 3.05) is 10.6 Å². The van der Waals surface area contributed by atoms with Crippen LogP contribution in [-0.2, 0) is 0 Å². The van der Waals surface area contributed by atoms with Gasteiger partial charge in [0.2, 0.25) is 0 Å². The molecular formula is C20H29N7O. The molecule has 1 aliphatic carbocycles. The van der Waals surface area contributed by atoms with Crippen molar-refractivity contribution in [3.05, 3.63) is 35.2 Å². The smallest absolute Gasteiger partial charge is 0.271 e. The van der Waals surface area contributed by atoms with Crippen molar-refractivity contribution in [2.24, 2.45) is 11.5 Å². The fourth-order valence-electron chi connectivity index (χ4n) is 3.60. The first-order chi connectivity index (χ1) is 13.3. The van der Waals surface area contributed by atoms with E-state index < -0.39 is 5.91 Å². The van der Waals surface area contributed by atoms with E-state index in [2.05, 4.69) is 39.7 Å². The standard InChI is InChI=1S/C20H29N7O/c1-11(2)18-12(3)8-9-16(25-18)24-15-10-17(26-27-19(15)20(22)28)23-14-7-5-4-6-13(14)21/h8-11,13-14H,4-7,21H2,1-3H3,(H2,22,28)(H2,23,24,25,26)/t13-,14+/m0/s1. The summed E-state index contributed by atoms with van der Waals surface area (Å²) in [4.78, 5) is 16.5. The summed E-state index contributed by atoms with van der Waals surface area (Å²) in [6.45, 7) is 6.22. The van der Waals surface area contributed by atoms with Crippen molar-refractivity contribution < 1.29 is 4.79 Å². The number of hydrogen-bond donors (Lipinski definition) is 4. The van der Waals surface area contributed by atoms with E-state index in [-0.39, 0.29) is 23.7 Å². The molecule has 1 saturated carbocycles. The second kappa shape index (κ2) is 8.52. The fourth-order valence-corrected chi connectivity index (χ4v) is 3.60. The Balaban J connectivity index is 1.88. The van der Waals surface area contributed by atoms with Gasteiger partial charge in [-0.25, -0.2) is 4.98 Å². The van der Waals surface area contributed by atoms with Crippen molar-refractivity contribution in [1.29, 1.82) is 0 Å².